The third kappa shape index (κ3) is 13.0. The number of rotatable bonds is 12. The summed E-state index contributed by atoms with van der Waals surface area (Å²) in [6.45, 7) is 17.1. The highest BCUT2D eigenvalue weighted by Gasteiger charge is 2.49. The van der Waals surface area contributed by atoms with Crippen molar-refractivity contribution in [3.8, 4) is 0 Å². The molecule has 1 saturated heterocycles. The monoisotopic (exact) mass is 422 g/mol. The van der Waals surface area contributed by atoms with Crippen molar-refractivity contribution in [3.63, 3.8) is 0 Å². The summed E-state index contributed by atoms with van der Waals surface area (Å²) in [6, 6.07) is 0. The number of hydrogen-bond acceptors (Lipinski definition) is 4. The number of unbranched alkanes of at least 4 members (excludes halogenated alkanes) is 4. The molecular formula is C24H48B2O4. The van der Waals surface area contributed by atoms with E-state index in [1.54, 1.807) is 0 Å². The molecular weight excluding hydrogens is 374 g/mol. The summed E-state index contributed by atoms with van der Waals surface area (Å²) in [7, 11) is -1.48. The summed E-state index contributed by atoms with van der Waals surface area (Å²) in [4.78, 5) is 0. The van der Waals surface area contributed by atoms with E-state index < -0.39 is 7.12 Å². The summed E-state index contributed by atoms with van der Waals surface area (Å²) in [5, 5.41) is 17.1. The first-order valence-electron chi connectivity index (χ1n) is 12.0. The normalized spacial score (nSPS) is 19.7. The SMILES string of the molecule is CCCCCC(C)/C=C/B(O)O.CCCCCC(C)/C=C/B1OC(C)(C)C(C)(C)O1. The van der Waals surface area contributed by atoms with Crippen molar-refractivity contribution >= 4 is 14.2 Å². The van der Waals surface area contributed by atoms with Gasteiger partial charge in [-0.25, -0.2) is 0 Å². The molecule has 0 aromatic heterocycles. The molecule has 0 spiro atoms. The first-order valence-corrected chi connectivity index (χ1v) is 12.0. The van der Waals surface area contributed by atoms with Gasteiger partial charge in [0.25, 0.3) is 0 Å². The highest BCUT2D eigenvalue weighted by Crippen LogP contribution is 2.37. The molecule has 0 aromatic rings. The van der Waals surface area contributed by atoms with E-state index in [4.69, 9.17) is 19.4 Å². The molecule has 0 radical (unpaired) electrons. The minimum atomic E-state index is -1.29. The minimum absolute atomic E-state index is 0.191. The van der Waals surface area contributed by atoms with Gasteiger partial charge in [0, 0.05) is 0 Å². The zero-order valence-electron chi connectivity index (χ0n) is 21.0. The van der Waals surface area contributed by atoms with Crippen LogP contribution in [0, 0.1) is 11.8 Å². The predicted octanol–water partition coefficient (Wildman–Crippen LogP) is 6.16. The van der Waals surface area contributed by atoms with Crippen LogP contribution in [0.3, 0.4) is 0 Å². The van der Waals surface area contributed by atoms with Crippen LogP contribution in [0.25, 0.3) is 0 Å². The molecule has 0 saturated carbocycles. The van der Waals surface area contributed by atoms with E-state index in [9.17, 15) is 0 Å². The van der Waals surface area contributed by atoms with Gasteiger partial charge in [0.1, 0.15) is 0 Å². The van der Waals surface area contributed by atoms with Gasteiger partial charge in [0.05, 0.1) is 11.2 Å². The summed E-state index contributed by atoms with van der Waals surface area (Å²) in [6.07, 6.45) is 14.1. The largest absolute Gasteiger partial charge is 0.486 e. The van der Waals surface area contributed by atoms with Crippen molar-refractivity contribution in [1.29, 1.82) is 0 Å². The second-order valence-electron chi connectivity index (χ2n) is 9.75. The lowest BCUT2D eigenvalue weighted by atomic mass is 9.87. The predicted molar refractivity (Wildman–Crippen MR) is 131 cm³/mol. The molecule has 6 heteroatoms. The zero-order valence-corrected chi connectivity index (χ0v) is 21.0. The van der Waals surface area contributed by atoms with Crippen LogP contribution in [0.2, 0.25) is 0 Å². The van der Waals surface area contributed by atoms with Gasteiger partial charge in [-0.15, -0.1) is 0 Å². The van der Waals surface area contributed by atoms with Crippen LogP contribution in [-0.2, 0) is 9.31 Å². The van der Waals surface area contributed by atoms with Crippen molar-refractivity contribution in [1.82, 2.24) is 0 Å². The topological polar surface area (TPSA) is 58.9 Å². The van der Waals surface area contributed by atoms with Gasteiger partial charge in [0.15, 0.2) is 0 Å². The average Bonchev–Trinajstić information content (AvgIpc) is 2.86. The van der Waals surface area contributed by atoms with E-state index in [0.29, 0.717) is 11.8 Å². The van der Waals surface area contributed by atoms with Crippen molar-refractivity contribution in [2.24, 2.45) is 11.8 Å². The van der Waals surface area contributed by atoms with Gasteiger partial charge in [-0.1, -0.05) is 90.3 Å². The Morgan fingerprint density at radius 1 is 0.800 bits per heavy atom. The Morgan fingerprint density at radius 2 is 1.23 bits per heavy atom. The Bertz CT molecular complexity index is 474. The van der Waals surface area contributed by atoms with Gasteiger partial charge in [-0.3, -0.25) is 0 Å². The molecule has 0 amide bonds. The standard InChI is InChI=1S/C15H29BO2.C9H19BO2/c1-7-8-9-10-13(2)11-12-16-17-14(3,4)15(5,6)18-16;1-3-4-5-6-9(2)7-8-10(11)12/h11-13H,7-10H2,1-6H3;7-9,11-12H,3-6H2,1-2H3/b12-11+;8-7+. The van der Waals surface area contributed by atoms with E-state index in [0.717, 1.165) is 6.42 Å². The number of allylic oxidation sites excluding steroid dienone is 2. The van der Waals surface area contributed by atoms with Crippen LogP contribution in [0.15, 0.2) is 24.1 Å². The third-order valence-electron chi connectivity index (χ3n) is 6.01. The molecule has 1 heterocycles. The minimum Gasteiger partial charge on any atom is -0.424 e. The first kappa shape index (κ1) is 29.4. The lowest BCUT2D eigenvalue weighted by Gasteiger charge is -2.32. The summed E-state index contributed by atoms with van der Waals surface area (Å²) in [5.41, 5.74) is -0.457. The zero-order chi connectivity index (χ0) is 23.2. The molecule has 0 aliphatic carbocycles. The van der Waals surface area contributed by atoms with Crippen LogP contribution in [-0.4, -0.2) is 35.5 Å². The van der Waals surface area contributed by atoms with Gasteiger partial charge in [-0.05, 0) is 52.4 Å². The fraction of sp³-hybridized carbons (Fsp3) is 0.833. The molecule has 4 nitrogen and oxygen atoms in total. The van der Waals surface area contributed by atoms with Crippen LogP contribution >= 0.6 is 0 Å². The maximum Gasteiger partial charge on any atom is 0.486 e. The van der Waals surface area contributed by atoms with Gasteiger partial charge in [0.2, 0.25) is 0 Å². The molecule has 2 unspecified atom stereocenters. The van der Waals surface area contributed by atoms with E-state index in [2.05, 4.69) is 67.4 Å². The third-order valence-corrected chi connectivity index (χ3v) is 6.01. The maximum absolute atomic E-state index is 8.54. The molecule has 0 aromatic carbocycles. The Morgan fingerprint density at radius 3 is 1.63 bits per heavy atom. The summed E-state index contributed by atoms with van der Waals surface area (Å²) < 4.78 is 11.9. The summed E-state index contributed by atoms with van der Waals surface area (Å²) >= 11 is 0. The van der Waals surface area contributed by atoms with Gasteiger partial charge < -0.3 is 19.4 Å². The van der Waals surface area contributed by atoms with E-state index >= 15 is 0 Å². The molecule has 174 valence electrons. The Balaban J connectivity index is 0.000000612. The fourth-order valence-corrected chi connectivity index (χ4v) is 3.16. The van der Waals surface area contributed by atoms with Crippen molar-refractivity contribution in [3.05, 3.63) is 24.1 Å². The fourth-order valence-electron chi connectivity index (χ4n) is 3.16. The van der Waals surface area contributed by atoms with Crippen molar-refractivity contribution < 1.29 is 19.4 Å². The van der Waals surface area contributed by atoms with Gasteiger partial charge in [-0.2, -0.15) is 0 Å². The highest BCUT2D eigenvalue weighted by atomic mass is 16.7. The first-order chi connectivity index (χ1) is 13.9. The van der Waals surface area contributed by atoms with E-state index in [-0.39, 0.29) is 18.3 Å². The summed E-state index contributed by atoms with van der Waals surface area (Å²) in [5.74, 6) is 4.57. The van der Waals surface area contributed by atoms with Crippen molar-refractivity contribution in [2.45, 2.75) is 118 Å². The van der Waals surface area contributed by atoms with Crippen molar-refractivity contribution in [2.75, 3.05) is 0 Å². The molecule has 1 aliphatic rings. The highest BCUT2D eigenvalue weighted by molar-refractivity contribution is 6.51. The molecule has 2 atom stereocenters. The second kappa shape index (κ2) is 15.3. The average molecular weight is 422 g/mol. The smallest absolute Gasteiger partial charge is 0.424 e. The Labute approximate surface area is 187 Å². The molecule has 1 fully saturated rings. The molecule has 30 heavy (non-hydrogen) atoms. The van der Waals surface area contributed by atoms with Gasteiger partial charge >= 0.3 is 14.2 Å². The molecule has 0 bridgehead atoms. The van der Waals surface area contributed by atoms with Crippen LogP contribution < -0.4 is 0 Å². The maximum atomic E-state index is 8.54. The molecule has 1 aliphatic heterocycles. The lowest BCUT2D eigenvalue weighted by Crippen LogP contribution is -2.41. The van der Waals surface area contributed by atoms with E-state index in [1.807, 2.05) is 6.08 Å². The van der Waals surface area contributed by atoms with Crippen LogP contribution in [0.4, 0.5) is 0 Å². The Hall–Kier alpha value is -0.550. The lowest BCUT2D eigenvalue weighted by molar-refractivity contribution is 0.00578. The van der Waals surface area contributed by atoms with E-state index in [1.165, 1.54) is 50.9 Å². The Kier molecular flexibility index (Phi) is 15.0. The second-order valence-corrected chi connectivity index (χ2v) is 9.75. The van der Waals surface area contributed by atoms with Crippen LogP contribution in [0.1, 0.15) is 107 Å². The number of hydrogen-bond donors (Lipinski definition) is 2. The quantitative estimate of drug-likeness (QED) is 0.292. The molecule has 2 N–H and O–H groups in total. The molecule has 1 rings (SSSR count). The van der Waals surface area contributed by atoms with Crippen LogP contribution in [0.5, 0.6) is 0 Å².